The third-order valence-corrected chi connectivity index (χ3v) is 0. The first-order chi connectivity index (χ1) is 1.73. The monoisotopic (exact) mass is 230 g/mol. The third kappa shape index (κ3) is 1060. The fourth-order valence-electron chi connectivity index (χ4n) is 0. The minimum atomic E-state index is -3.94. The first-order valence-corrected chi connectivity index (χ1v) is 2.26. The Kier molecular flexibility index (Phi) is 592. The van der Waals surface area contributed by atoms with Crippen LogP contribution in [0.25, 0.3) is 0 Å². The molecule has 0 heterocycles. The van der Waals surface area contributed by atoms with Gasteiger partial charge in [0.1, 0.15) is 0 Å². The molecule has 0 radical (unpaired) electrons. The van der Waals surface area contributed by atoms with Crippen LogP contribution in [0.5, 0.6) is 0 Å². The van der Waals surface area contributed by atoms with Gasteiger partial charge in [0.25, 0.3) is 0 Å². The zero-order valence-electron chi connectivity index (χ0n) is 5.67. The maximum absolute atomic E-state index is 8.56. The Bertz CT molecular complexity index is 58.0. The van der Waals surface area contributed by atoms with Crippen LogP contribution in [0, 0.1) is 0 Å². The van der Waals surface area contributed by atoms with E-state index in [0.29, 0.717) is 0 Å². The van der Waals surface area contributed by atoms with Crippen molar-refractivity contribution in [2.45, 2.75) is 0 Å². The van der Waals surface area contributed by atoms with Crippen molar-refractivity contribution in [2.75, 3.05) is 0 Å². The first kappa shape index (κ1) is 92.9. The Morgan fingerprint density at radius 3 is 0.727 bits per heavy atom. The van der Waals surface area contributed by atoms with Gasteiger partial charge in [-0.15, -0.1) is 0 Å². The number of hydrogen-bond donors (Lipinski definition) is 0. The summed E-state index contributed by atoms with van der Waals surface area (Å²) in [6, 6.07) is 0. The predicted molar refractivity (Wildman–Crippen MR) is 23.1 cm³/mol. The van der Waals surface area contributed by atoms with Crippen molar-refractivity contribution < 1.29 is 89.2 Å². The van der Waals surface area contributed by atoms with Gasteiger partial charge in [0.2, 0.25) is 0 Å². The molecular formula is H12NaO9V. The van der Waals surface area contributed by atoms with E-state index in [0.717, 1.165) is 0 Å². The van der Waals surface area contributed by atoms with Crippen LogP contribution < -0.4 is 33.6 Å². The quantitative estimate of drug-likeness (QED) is 0.367. The molecule has 72 valence electrons. The maximum atomic E-state index is 8.56. The van der Waals surface area contributed by atoms with E-state index in [-0.39, 0.29) is 62.4 Å². The van der Waals surface area contributed by atoms with Crippen LogP contribution in [0.1, 0.15) is 0 Å². The fraction of sp³-hybridized carbons (Fsp3) is 0. The van der Waals surface area contributed by atoms with E-state index in [4.69, 9.17) is 11.4 Å². The van der Waals surface area contributed by atoms with Crippen molar-refractivity contribution >= 4 is 0 Å². The molecule has 0 unspecified atom stereocenters. The van der Waals surface area contributed by atoms with Crippen LogP contribution in [-0.2, 0) is 22.7 Å². The second kappa shape index (κ2) is 70.2. The van der Waals surface area contributed by atoms with Gasteiger partial charge >= 0.3 is 56.3 Å². The number of hydrogen-bond acceptors (Lipinski definition) is 3. The summed E-state index contributed by atoms with van der Waals surface area (Å²) in [5.41, 5.74) is 0. The van der Waals surface area contributed by atoms with Crippen molar-refractivity contribution in [3.05, 3.63) is 0 Å². The second-order valence-electron chi connectivity index (χ2n) is 0.224. The Hall–Kier alpha value is 0.904. The van der Waals surface area contributed by atoms with Crippen molar-refractivity contribution in [3.8, 4) is 0 Å². The molecule has 0 saturated carbocycles. The second-order valence-corrected chi connectivity index (χ2v) is 0.922. The standard InChI is InChI=1S/Na.6H2O.3O.V/h;6*1H2;;;;/q+1;;;;;;;;;-1;. The van der Waals surface area contributed by atoms with E-state index >= 15 is 0 Å². The van der Waals surface area contributed by atoms with Crippen LogP contribution in [0.2, 0.25) is 0 Å². The normalized spacial score (nSPS) is 2.27. The summed E-state index contributed by atoms with van der Waals surface area (Å²) < 4.78 is 25.7. The predicted octanol–water partition coefficient (Wildman–Crippen LogP) is -9.37. The minimum absolute atomic E-state index is 0. The van der Waals surface area contributed by atoms with E-state index in [2.05, 4.69) is 0 Å². The molecule has 0 aliphatic heterocycles. The Morgan fingerprint density at radius 1 is 0.727 bits per heavy atom. The van der Waals surface area contributed by atoms with E-state index < -0.39 is 15.4 Å². The van der Waals surface area contributed by atoms with Gasteiger partial charge in [0.15, 0.2) is 0 Å². The fourth-order valence-corrected chi connectivity index (χ4v) is 0. The van der Waals surface area contributed by atoms with Gasteiger partial charge in [-0.2, -0.15) is 0 Å². The Morgan fingerprint density at radius 2 is 0.727 bits per heavy atom. The SMILES string of the molecule is O.O.O.O.O.O.[Na+].[O]=[V](=[O])[O-]. The molecule has 11 heavy (non-hydrogen) atoms. The van der Waals surface area contributed by atoms with Crippen LogP contribution in [-0.4, -0.2) is 32.9 Å². The third-order valence-electron chi connectivity index (χ3n) is 0. The van der Waals surface area contributed by atoms with Gasteiger partial charge in [-0.05, 0) is 0 Å². The average Bonchev–Trinajstić information content (AvgIpc) is 0.811. The summed E-state index contributed by atoms with van der Waals surface area (Å²) in [6.45, 7) is 0. The molecule has 0 bridgehead atoms. The first-order valence-electron chi connectivity index (χ1n) is 0.548. The Labute approximate surface area is 88.9 Å². The molecule has 0 saturated heterocycles. The summed E-state index contributed by atoms with van der Waals surface area (Å²) >= 11 is -3.94. The molecule has 0 aromatic heterocycles. The zero-order chi connectivity index (χ0) is 3.58. The molecule has 0 amide bonds. The molecule has 9 nitrogen and oxygen atoms in total. The van der Waals surface area contributed by atoms with Crippen LogP contribution >= 0.6 is 0 Å². The topological polar surface area (TPSA) is 246 Å². The van der Waals surface area contributed by atoms with Gasteiger partial charge in [-0.1, -0.05) is 0 Å². The zero-order valence-corrected chi connectivity index (χ0v) is 9.07. The molecule has 0 aliphatic rings. The van der Waals surface area contributed by atoms with Gasteiger partial charge in [-0.25, -0.2) is 0 Å². The molecule has 12 N–H and O–H groups in total. The molecule has 0 aliphatic carbocycles. The van der Waals surface area contributed by atoms with Gasteiger partial charge < -0.3 is 32.9 Å². The van der Waals surface area contributed by atoms with Crippen LogP contribution in [0.15, 0.2) is 0 Å². The van der Waals surface area contributed by atoms with Crippen molar-refractivity contribution in [2.24, 2.45) is 0 Å². The molecule has 0 aromatic rings. The summed E-state index contributed by atoms with van der Waals surface area (Å²) in [5.74, 6) is 0. The van der Waals surface area contributed by atoms with E-state index in [1.54, 1.807) is 0 Å². The van der Waals surface area contributed by atoms with Crippen molar-refractivity contribution in [3.63, 3.8) is 0 Å². The van der Waals surface area contributed by atoms with Crippen molar-refractivity contribution in [1.82, 2.24) is 0 Å². The van der Waals surface area contributed by atoms with Crippen molar-refractivity contribution in [1.29, 1.82) is 0 Å². The molecule has 0 rings (SSSR count). The molecule has 0 fully saturated rings. The molecule has 0 aromatic carbocycles. The number of rotatable bonds is 0. The van der Waals surface area contributed by atoms with Gasteiger partial charge in [0, 0.05) is 0 Å². The van der Waals surface area contributed by atoms with E-state index in [9.17, 15) is 0 Å². The van der Waals surface area contributed by atoms with Gasteiger partial charge in [0.05, 0.1) is 0 Å². The summed E-state index contributed by atoms with van der Waals surface area (Å²) in [6.07, 6.45) is 0. The molecular weight excluding hydrogens is 218 g/mol. The molecule has 0 atom stereocenters. The van der Waals surface area contributed by atoms with Crippen LogP contribution in [0.3, 0.4) is 0 Å². The van der Waals surface area contributed by atoms with E-state index in [1.807, 2.05) is 0 Å². The van der Waals surface area contributed by atoms with E-state index in [1.165, 1.54) is 0 Å². The average molecular weight is 230 g/mol. The summed E-state index contributed by atoms with van der Waals surface area (Å²) in [5, 5.41) is 0. The Balaban J connectivity index is -0.00000000214. The van der Waals surface area contributed by atoms with Crippen LogP contribution in [0.4, 0.5) is 0 Å². The summed E-state index contributed by atoms with van der Waals surface area (Å²) in [7, 11) is 0. The summed E-state index contributed by atoms with van der Waals surface area (Å²) in [4.78, 5) is 0. The molecule has 0 spiro atoms. The van der Waals surface area contributed by atoms with Gasteiger partial charge in [-0.3, -0.25) is 0 Å². The molecule has 11 heteroatoms.